The molecule has 0 aromatic heterocycles. The van der Waals surface area contributed by atoms with E-state index in [0.29, 0.717) is 11.4 Å². The van der Waals surface area contributed by atoms with Crippen LogP contribution in [0.2, 0.25) is 0 Å². The summed E-state index contributed by atoms with van der Waals surface area (Å²) in [4.78, 5) is 11.8. The lowest BCUT2D eigenvalue weighted by atomic mass is 10.0. The predicted molar refractivity (Wildman–Crippen MR) is 86.1 cm³/mol. The van der Waals surface area contributed by atoms with Crippen molar-refractivity contribution in [1.82, 2.24) is 0 Å². The smallest absolute Gasteiger partial charge is 0.412 e. The van der Waals surface area contributed by atoms with Gasteiger partial charge in [-0.05, 0) is 44.0 Å². The highest BCUT2D eigenvalue weighted by molar-refractivity contribution is 5.90. The maximum Gasteiger partial charge on any atom is 0.412 e. The van der Waals surface area contributed by atoms with Crippen molar-refractivity contribution in [2.24, 2.45) is 0 Å². The fourth-order valence-corrected chi connectivity index (χ4v) is 1.89. The van der Waals surface area contributed by atoms with Crippen molar-refractivity contribution in [3.05, 3.63) is 48.5 Å². The van der Waals surface area contributed by atoms with Crippen molar-refractivity contribution in [3.63, 3.8) is 0 Å². The van der Waals surface area contributed by atoms with E-state index in [0.717, 1.165) is 11.1 Å². The van der Waals surface area contributed by atoms with Gasteiger partial charge in [0.2, 0.25) is 0 Å². The molecule has 0 aliphatic rings. The number of benzene rings is 2. The van der Waals surface area contributed by atoms with Crippen LogP contribution in [0.15, 0.2) is 48.5 Å². The van der Waals surface area contributed by atoms with E-state index in [9.17, 15) is 4.79 Å². The largest absolute Gasteiger partial charge is 0.444 e. The fraction of sp³-hybridized carbons (Fsp3) is 0.235. The Balaban J connectivity index is 2.22. The highest BCUT2D eigenvalue weighted by Gasteiger charge is 2.17. The topological polar surface area (TPSA) is 64.3 Å². The Labute approximate surface area is 124 Å². The second kappa shape index (κ2) is 5.87. The molecular formula is C17H20N2O2. The molecule has 2 aromatic carbocycles. The highest BCUT2D eigenvalue weighted by Crippen LogP contribution is 2.27. The maximum absolute atomic E-state index is 11.8. The van der Waals surface area contributed by atoms with Crippen molar-refractivity contribution in [3.8, 4) is 11.1 Å². The van der Waals surface area contributed by atoms with Crippen LogP contribution in [0.1, 0.15) is 20.8 Å². The van der Waals surface area contributed by atoms with Crippen LogP contribution in [0.5, 0.6) is 0 Å². The van der Waals surface area contributed by atoms with E-state index in [2.05, 4.69) is 5.32 Å². The van der Waals surface area contributed by atoms with E-state index in [4.69, 9.17) is 10.5 Å². The van der Waals surface area contributed by atoms with Gasteiger partial charge in [-0.25, -0.2) is 4.79 Å². The zero-order chi connectivity index (χ0) is 15.5. The number of nitrogens with two attached hydrogens (primary N) is 1. The summed E-state index contributed by atoms with van der Waals surface area (Å²) in [6, 6.07) is 15.4. The van der Waals surface area contributed by atoms with Gasteiger partial charge < -0.3 is 10.5 Å². The molecule has 0 aliphatic carbocycles. The second-order valence-electron chi connectivity index (χ2n) is 5.79. The van der Waals surface area contributed by atoms with Gasteiger partial charge in [-0.15, -0.1) is 0 Å². The zero-order valence-corrected chi connectivity index (χ0v) is 12.5. The molecule has 0 spiro atoms. The lowest BCUT2D eigenvalue weighted by Crippen LogP contribution is -2.27. The van der Waals surface area contributed by atoms with Crippen molar-refractivity contribution in [1.29, 1.82) is 0 Å². The Bertz CT molecular complexity index is 631. The molecule has 110 valence electrons. The van der Waals surface area contributed by atoms with Crippen LogP contribution < -0.4 is 11.1 Å². The quantitative estimate of drug-likeness (QED) is 0.809. The Morgan fingerprint density at radius 1 is 1.05 bits per heavy atom. The number of rotatable bonds is 2. The van der Waals surface area contributed by atoms with Gasteiger partial charge in [0.25, 0.3) is 0 Å². The molecule has 0 saturated carbocycles. The molecular weight excluding hydrogens is 264 g/mol. The van der Waals surface area contributed by atoms with Crippen LogP contribution in [0.4, 0.5) is 16.2 Å². The van der Waals surface area contributed by atoms with Crippen LogP contribution in [-0.4, -0.2) is 11.7 Å². The summed E-state index contributed by atoms with van der Waals surface area (Å²) in [7, 11) is 0. The summed E-state index contributed by atoms with van der Waals surface area (Å²) in [6.45, 7) is 5.45. The van der Waals surface area contributed by atoms with Gasteiger partial charge in [0.15, 0.2) is 0 Å². The molecule has 0 fully saturated rings. The van der Waals surface area contributed by atoms with E-state index < -0.39 is 11.7 Å². The zero-order valence-electron chi connectivity index (χ0n) is 12.5. The van der Waals surface area contributed by atoms with E-state index in [-0.39, 0.29) is 0 Å². The van der Waals surface area contributed by atoms with Crippen LogP contribution >= 0.6 is 0 Å². The maximum atomic E-state index is 11.8. The summed E-state index contributed by atoms with van der Waals surface area (Å²) in [5, 5.41) is 2.69. The van der Waals surface area contributed by atoms with E-state index in [1.807, 2.05) is 63.2 Å². The van der Waals surface area contributed by atoms with Gasteiger partial charge >= 0.3 is 6.09 Å². The number of carbonyl (C=O) groups is 1. The number of nitrogens with one attached hydrogen (secondary N) is 1. The minimum absolute atomic E-state index is 0.501. The molecule has 4 nitrogen and oxygen atoms in total. The monoisotopic (exact) mass is 284 g/mol. The van der Waals surface area contributed by atoms with Gasteiger partial charge in [-0.2, -0.15) is 0 Å². The number of ether oxygens (including phenoxy) is 1. The standard InChI is InChI=1S/C17H20N2O2/c1-17(2,3)21-16(20)19-15-11-13(9-10-14(15)18)12-7-5-4-6-8-12/h4-11H,18H2,1-3H3,(H,19,20). The molecule has 21 heavy (non-hydrogen) atoms. The van der Waals surface area contributed by atoms with Gasteiger partial charge in [0, 0.05) is 0 Å². The SMILES string of the molecule is CC(C)(C)OC(=O)Nc1cc(-c2ccccc2)ccc1N. The summed E-state index contributed by atoms with van der Waals surface area (Å²) in [5.74, 6) is 0. The number of anilines is 2. The van der Waals surface area contributed by atoms with Gasteiger partial charge in [0.05, 0.1) is 11.4 Å². The normalized spacial score (nSPS) is 11.0. The number of hydrogen-bond donors (Lipinski definition) is 2. The first-order valence-electron chi connectivity index (χ1n) is 6.80. The van der Waals surface area contributed by atoms with Crippen LogP contribution in [-0.2, 0) is 4.74 Å². The van der Waals surface area contributed by atoms with E-state index in [1.165, 1.54) is 0 Å². The molecule has 0 atom stereocenters. The molecule has 0 radical (unpaired) electrons. The first-order chi connectivity index (χ1) is 9.85. The number of carbonyl (C=O) groups excluding carboxylic acids is 1. The molecule has 2 rings (SSSR count). The Kier molecular flexibility index (Phi) is 4.17. The van der Waals surface area contributed by atoms with E-state index in [1.54, 1.807) is 6.07 Å². The highest BCUT2D eigenvalue weighted by atomic mass is 16.6. The summed E-state index contributed by atoms with van der Waals surface area (Å²) >= 11 is 0. The average Bonchev–Trinajstić information content (AvgIpc) is 2.40. The molecule has 0 heterocycles. The molecule has 0 bridgehead atoms. The van der Waals surface area contributed by atoms with Crippen molar-refractivity contribution >= 4 is 17.5 Å². The van der Waals surface area contributed by atoms with E-state index >= 15 is 0 Å². The molecule has 0 unspecified atom stereocenters. The molecule has 0 saturated heterocycles. The number of hydrogen-bond acceptors (Lipinski definition) is 3. The Morgan fingerprint density at radius 2 is 1.71 bits per heavy atom. The van der Waals surface area contributed by atoms with Gasteiger partial charge in [-0.1, -0.05) is 36.4 Å². The minimum Gasteiger partial charge on any atom is -0.444 e. The average molecular weight is 284 g/mol. The summed E-state index contributed by atoms with van der Waals surface area (Å²) in [6.07, 6.45) is -0.514. The Hall–Kier alpha value is -2.49. The lowest BCUT2D eigenvalue weighted by molar-refractivity contribution is 0.0636. The molecule has 2 aromatic rings. The second-order valence-corrected chi connectivity index (χ2v) is 5.79. The minimum atomic E-state index is -0.546. The first kappa shape index (κ1) is 14.9. The van der Waals surface area contributed by atoms with Gasteiger partial charge in [0.1, 0.15) is 5.60 Å². The number of nitrogen functional groups attached to an aromatic ring is 1. The van der Waals surface area contributed by atoms with Crippen molar-refractivity contribution < 1.29 is 9.53 Å². The summed E-state index contributed by atoms with van der Waals surface area (Å²) in [5.41, 5.74) is 8.45. The van der Waals surface area contributed by atoms with Crippen molar-refractivity contribution in [2.75, 3.05) is 11.1 Å². The van der Waals surface area contributed by atoms with Crippen LogP contribution in [0.3, 0.4) is 0 Å². The number of amides is 1. The lowest BCUT2D eigenvalue weighted by Gasteiger charge is -2.20. The third-order valence-corrected chi connectivity index (χ3v) is 2.80. The predicted octanol–water partition coefficient (Wildman–Crippen LogP) is 4.28. The molecule has 1 amide bonds. The fourth-order valence-electron chi connectivity index (χ4n) is 1.89. The van der Waals surface area contributed by atoms with Gasteiger partial charge in [-0.3, -0.25) is 5.32 Å². The first-order valence-corrected chi connectivity index (χ1v) is 6.80. The van der Waals surface area contributed by atoms with Crippen LogP contribution in [0, 0.1) is 0 Å². The third-order valence-electron chi connectivity index (χ3n) is 2.80. The van der Waals surface area contributed by atoms with Crippen LogP contribution in [0.25, 0.3) is 11.1 Å². The Morgan fingerprint density at radius 3 is 2.33 bits per heavy atom. The summed E-state index contributed by atoms with van der Waals surface area (Å²) < 4.78 is 5.24. The molecule has 0 aliphatic heterocycles. The molecule has 4 heteroatoms. The van der Waals surface area contributed by atoms with Crippen molar-refractivity contribution in [2.45, 2.75) is 26.4 Å². The third kappa shape index (κ3) is 4.24. The molecule has 3 N–H and O–H groups in total.